The summed E-state index contributed by atoms with van der Waals surface area (Å²) in [6, 6.07) is 6.40. The number of nitrogens with one attached hydrogen (secondary N) is 1. The van der Waals surface area contributed by atoms with Crippen LogP contribution in [0.5, 0.6) is 11.5 Å². The normalized spacial score (nSPS) is 12.2. The fourth-order valence-corrected chi connectivity index (χ4v) is 2.38. The van der Waals surface area contributed by atoms with Crippen LogP contribution in [0.4, 0.5) is 0 Å². The Labute approximate surface area is 141 Å². The molecule has 130 valence electrons. The standard InChI is InChI=1S/C17H23N3O4/c1-11(2)24-14-6-5-12(9-15(14)23-4)10-18-16(17(21)22)13-7-8-19-20(13)3/h5-9,11,16,18H,10H2,1-4H3,(H,21,22). The second kappa shape index (κ2) is 7.83. The van der Waals surface area contributed by atoms with Gasteiger partial charge in [0.25, 0.3) is 0 Å². The van der Waals surface area contributed by atoms with Crippen molar-refractivity contribution >= 4 is 5.97 Å². The van der Waals surface area contributed by atoms with Crippen molar-refractivity contribution in [1.82, 2.24) is 15.1 Å². The van der Waals surface area contributed by atoms with Gasteiger partial charge in [-0.2, -0.15) is 5.10 Å². The highest BCUT2D eigenvalue weighted by atomic mass is 16.5. The van der Waals surface area contributed by atoms with E-state index in [1.54, 1.807) is 31.1 Å². The number of ether oxygens (including phenoxy) is 2. The van der Waals surface area contributed by atoms with E-state index in [2.05, 4.69) is 10.4 Å². The Morgan fingerprint density at radius 2 is 2.08 bits per heavy atom. The van der Waals surface area contributed by atoms with E-state index in [0.717, 1.165) is 5.56 Å². The van der Waals surface area contributed by atoms with E-state index in [4.69, 9.17) is 9.47 Å². The van der Waals surface area contributed by atoms with Gasteiger partial charge >= 0.3 is 5.97 Å². The summed E-state index contributed by atoms with van der Waals surface area (Å²) in [5.41, 5.74) is 1.49. The third kappa shape index (κ3) is 4.26. The van der Waals surface area contributed by atoms with Crippen molar-refractivity contribution < 1.29 is 19.4 Å². The molecule has 0 aliphatic rings. The van der Waals surface area contributed by atoms with Gasteiger partial charge in [-0.3, -0.25) is 14.8 Å². The van der Waals surface area contributed by atoms with Gasteiger partial charge in [0.1, 0.15) is 6.04 Å². The minimum absolute atomic E-state index is 0.0455. The van der Waals surface area contributed by atoms with Crippen LogP contribution in [0.1, 0.15) is 31.1 Å². The molecule has 0 aliphatic heterocycles. The molecule has 1 heterocycles. The largest absolute Gasteiger partial charge is 0.493 e. The summed E-state index contributed by atoms with van der Waals surface area (Å²) in [6.07, 6.45) is 1.62. The predicted molar refractivity (Wildman–Crippen MR) is 89.2 cm³/mol. The molecule has 0 aliphatic carbocycles. The number of benzene rings is 1. The van der Waals surface area contributed by atoms with Crippen LogP contribution in [0.3, 0.4) is 0 Å². The van der Waals surface area contributed by atoms with E-state index in [1.807, 2.05) is 32.0 Å². The number of hydrogen-bond acceptors (Lipinski definition) is 5. The molecule has 1 aromatic carbocycles. The molecule has 0 saturated heterocycles. The summed E-state index contributed by atoms with van der Waals surface area (Å²) in [5, 5.41) is 16.5. The lowest BCUT2D eigenvalue weighted by molar-refractivity contribution is -0.139. The zero-order chi connectivity index (χ0) is 17.7. The SMILES string of the molecule is COc1cc(CNC(C(=O)O)c2ccnn2C)ccc1OC(C)C. The van der Waals surface area contributed by atoms with Crippen molar-refractivity contribution in [3.8, 4) is 11.5 Å². The van der Waals surface area contributed by atoms with Gasteiger partial charge in [0.15, 0.2) is 11.5 Å². The highest BCUT2D eigenvalue weighted by molar-refractivity contribution is 5.74. The Balaban J connectivity index is 2.12. The first-order valence-corrected chi connectivity index (χ1v) is 7.70. The Morgan fingerprint density at radius 3 is 2.62 bits per heavy atom. The minimum Gasteiger partial charge on any atom is -0.493 e. The number of rotatable bonds is 8. The molecule has 7 heteroatoms. The van der Waals surface area contributed by atoms with Gasteiger partial charge in [0, 0.05) is 19.8 Å². The summed E-state index contributed by atoms with van der Waals surface area (Å²) in [6.45, 7) is 4.26. The maximum atomic E-state index is 11.5. The molecular formula is C17H23N3O4. The van der Waals surface area contributed by atoms with Crippen molar-refractivity contribution in [1.29, 1.82) is 0 Å². The van der Waals surface area contributed by atoms with Gasteiger partial charge in [-0.05, 0) is 37.6 Å². The quantitative estimate of drug-likeness (QED) is 0.770. The minimum atomic E-state index is -0.953. The zero-order valence-electron chi connectivity index (χ0n) is 14.3. The van der Waals surface area contributed by atoms with Gasteiger partial charge in [-0.1, -0.05) is 6.07 Å². The first-order valence-electron chi connectivity index (χ1n) is 7.70. The Morgan fingerprint density at radius 1 is 1.33 bits per heavy atom. The summed E-state index contributed by atoms with van der Waals surface area (Å²) < 4.78 is 12.6. The first kappa shape index (κ1) is 17.8. The monoisotopic (exact) mass is 333 g/mol. The van der Waals surface area contributed by atoms with Crippen molar-refractivity contribution in [3.63, 3.8) is 0 Å². The van der Waals surface area contributed by atoms with Crippen molar-refractivity contribution in [2.75, 3.05) is 7.11 Å². The van der Waals surface area contributed by atoms with E-state index >= 15 is 0 Å². The van der Waals surface area contributed by atoms with E-state index in [-0.39, 0.29) is 6.10 Å². The molecule has 2 aromatic rings. The van der Waals surface area contributed by atoms with Crippen LogP contribution in [0, 0.1) is 0 Å². The van der Waals surface area contributed by atoms with Crippen LogP contribution in [-0.4, -0.2) is 34.1 Å². The Kier molecular flexibility index (Phi) is 5.81. The Bertz CT molecular complexity index is 697. The molecule has 1 unspecified atom stereocenters. The zero-order valence-corrected chi connectivity index (χ0v) is 14.3. The molecule has 24 heavy (non-hydrogen) atoms. The fraction of sp³-hybridized carbons (Fsp3) is 0.412. The number of hydrogen-bond donors (Lipinski definition) is 2. The second-order valence-corrected chi connectivity index (χ2v) is 5.68. The number of carbonyl (C=O) groups is 1. The molecule has 2 N–H and O–H groups in total. The lowest BCUT2D eigenvalue weighted by Gasteiger charge is -2.17. The summed E-state index contributed by atoms with van der Waals surface area (Å²) in [5.74, 6) is 0.332. The topological polar surface area (TPSA) is 85.6 Å². The molecule has 1 aromatic heterocycles. The molecular weight excluding hydrogens is 310 g/mol. The number of nitrogens with zero attached hydrogens (tertiary/aromatic N) is 2. The number of aliphatic carboxylic acids is 1. The third-order valence-electron chi connectivity index (χ3n) is 3.50. The van der Waals surface area contributed by atoms with Crippen LogP contribution in [0.2, 0.25) is 0 Å². The van der Waals surface area contributed by atoms with E-state index in [9.17, 15) is 9.90 Å². The molecule has 7 nitrogen and oxygen atoms in total. The number of aryl methyl sites for hydroxylation is 1. The summed E-state index contributed by atoms with van der Waals surface area (Å²) in [4.78, 5) is 11.5. The van der Waals surface area contributed by atoms with Gasteiger partial charge in [0.05, 0.1) is 18.9 Å². The number of aromatic nitrogens is 2. The lowest BCUT2D eigenvalue weighted by Crippen LogP contribution is -2.29. The molecule has 0 spiro atoms. The van der Waals surface area contributed by atoms with Gasteiger partial charge in [-0.25, -0.2) is 0 Å². The van der Waals surface area contributed by atoms with Gasteiger partial charge in [-0.15, -0.1) is 0 Å². The Hall–Kier alpha value is -2.54. The number of carboxylic acids is 1. The van der Waals surface area contributed by atoms with Crippen LogP contribution in [0.25, 0.3) is 0 Å². The maximum Gasteiger partial charge on any atom is 0.326 e. The van der Waals surface area contributed by atoms with Crippen LogP contribution in [-0.2, 0) is 18.4 Å². The molecule has 1 atom stereocenters. The van der Waals surface area contributed by atoms with E-state index < -0.39 is 12.0 Å². The van der Waals surface area contributed by atoms with Gasteiger partial charge in [0.2, 0.25) is 0 Å². The average molecular weight is 333 g/mol. The van der Waals surface area contributed by atoms with Crippen molar-refractivity contribution in [3.05, 3.63) is 41.7 Å². The molecule has 0 saturated carbocycles. The predicted octanol–water partition coefficient (Wildman–Crippen LogP) is 2.13. The fourth-order valence-electron chi connectivity index (χ4n) is 2.38. The highest BCUT2D eigenvalue weighted by Crippen LogP contribution is 2.29. The summed E-state index contributed by atoms with van der Waals surface area (Å²) >= 11 is 0. The molecule has 0 radical (unpaired) electrons. The smallest absolute Gasteiger partial charge is 0.326 e. The molecule has 2 rings (SSSR count). The molecule has 0 bridgehead atoms. The van der Waals surface area contributed by atoms with Crippen LogP contribution < -0.4 is 14.8 Å². The third-order valence-corrected chi connectivity index (χ3v) is 3.50. The molecule has 0 fully saturated rings. The van der Waals surface area contributed by atoms with Crippen molar-refractivity contribution in [2.24, 2.45) is 7.05 Å². The highest BCUT2D eigenvalue weighted by Gasteiger charge is 2.22. The maximum absolute atomic E-state index is 11.5. The van der Waals surface area contributed by atoms with E-state index in [1.165, 1.54) is 0 Å². The van der Waals surface area contributed by atoms with Gasteiger partial charge < -0.3 is 14.6 Å². The second-order valence-electron chi connectivity index (χ2n) is 5.68. The van der Waals surface area contributed by atoms with Crippen LogP contribution in [0.15, 0.2) is 30.5 Å². The number of methoxy groups -OCH3 is 1. The molecule has 0 amide bonds. The van der Waals surface area contributed by atoms with Crippen LogP contribution >= 0.6 is 0 Å². The lowest BCUT2D eigenvalue weighted by atomic mass is 10.1. The summed E-state index contributed by atoms with van der Waals surface area (Å²) in [7, 11) is 3.30. The first-order chi connectivity index (χ1) is 11.4. The van der Waals surface area contributed by atoms with E-state index in [0.29, 0.717) is 23.7 Å². The average Bonchev–Trinajstić information content (AvgIpc) is 2.94. The van der Waals surface area contributed by atoms with Crippen molar-refractivity contribution in [2.45, 2.75) is 32.5 Å². The number of carboxylic acid groups (broad SMARTS) is 1.